The van der Waals surface area contributed by atoms with Crippen molar-refractivity contribution in [2.75, 3.05) is 7.11 Å². The van der Waals surface area contributed by atoms with Gasteiger partial charge in [-0.15, -0.1) is 0 Å². The summed E-state index contributed by atoms with van der Waals surface area (Å²) in [6.45, 7) is 0.0314. The highest BCUT2D eigenvalue weighted by atomic mass is 35.5. The Kier molecular flexibility index (Phi) is 6.76. The first-order chi connectivity index (χ1) is 19.5. The molecule has 0 aliphatic rings. The lowest BCUT2D eigenvalue weighted by molar-refractivity contribution is 0.300. The summed E-state index contributed by atoms with van der Waals surface area (Å²) in [4.78, 5) is 18.2. The van der Waals surface area contributed by atoms with Crippen LogP contribution >= 0.6 is 11.6 Å². The van der Waals surface area contributed by atoms with Crippen LogP contribution in [0.15, 0.2) is 105 Å². The van der Waals surface area contributed by atoms with Gasteiger partial charge in [0.05, 0.1) is 34.6 Å². The van der Waals surface area contributed by atoms with Crippen molar-refractivity contribution in [1.82, 2.24) is 9.66 Å². The molecule has 0 aliphatic carbocycles. The number of nitrogens with zero attached hydrogens (tertiary/aromatic N) is 3. The molecular weight excluding hydrogens is 533 g/mol. The molecule has 198 valence electrons. The molecule has 0 unspecified atom stereocenters. The highest BCUT2D eigenvalue weighted by molar-refractivity contribution is 6.32. The van der Waals surface area contributed by atoms with E-state index in [2.05, 4.69) is 5.10 Å². The summed E-state index contributed by atoms with van der Waals surface area (Å²) in [6.07, 6.45) is 1.50. The van der Waals surface area contributed by atoms with Gasteiger partial charge in [-0.1, -0.05) is 48.0 Å². The lowest BCUT2D eigenvalue weighted by Gasteiger charge is -2.09. The monoisotopic (exact) mass is 553 g/mol. The number of methoxy groups -OCH3 is 1. The molecule has 9 heteroatoms. The van der Waals surface area contributed by atoms with Crippen molar-refractivity contribution in [3.05, 3.63) is 123 Å². The lowest BCUT2D eigenvalue weighted by atomic mass is 10.2. The van der Waals surface area contributed by atoms with Crippen molar-refractivity contribution in [3.8, 4) is 23.1 Å². The van der Waals surface area contributed by atoms with Gasteiger partial charge in [-0.2, -0.15) is 9.78 Å². The van der Waals surface area contributed by atoms with E-state index in [1.54, 1.807) is 67.8 Å². The molecule has 7 nitrogen and oxygen atoms in total. The molecule has 4 aromatic carbocycles. The Bertz CT molecular complexity index is 1960. The fourth-order valence-corrected chi connectivity index (χ4v) is 4.57. The Hall–Kier alpha value is -4.95. The first kappa shape index (κ1) is 25.3. The van der Waals surface area contributed by atoms with Gasteiger partial charge in [-0.3, -0.25) is 4.79 Å². The molecule has 6 aromatic rings. The summed E-state index contributed by atoms with van der Waals surface area (Å²) < 4.78 is 32.3. The van der Waals surface area contributed by atoms with Gasteiger partial charge in [-0.05, 0) is 60.2 Å². The molecule has 0 atom stereocenters. The lowest BCUT2D eigenvalue weighted by Crippen LogP contribution is -2.20. The van der Waals surface area contributed by atoms with E-state index >= 15 is 0 Å². The summed E-state index contributed by atoms with van der Waals surface area (Å²) in [5, 5.41) is 5.94. The third kappa shape index (κ3) is 4.81. The molecule has 0 bridgehead atoms. The van der Waals surface area contributed by atoms with Crippen molar-refractivity contribution in [1.29, 1.82) is 0 Å². The minimum Gasteiger partial charge on any atom is -0.496 e. The number of furan rings is 1. The summed E-state index contributed by atoms with van der Waals surface area (Å²) in [5.41, 5.74) is 1.77. The average Bonchev–Trinajstić information content (AvgIpc) is 3.41. The molecule has 2 heterocycles. The van der Waals surface area contributed by atoms with Gasteiger partial charge in [0.1, 0.15) is 29.5 Å². The summed E-state index contributed by atoms with van der Waals surface area (Å²) in [5.74, 6) is 1.26. The third-order valence-corrected chi connectivity index (χ3v) is 6.63. The summed E-state index contributed by atoms with van der Waals surface area (Å²) >= 11 is 6.44. The number of halogens is 2. The first-order valence-electron chi connectivity index (χ1n) is 12.3. The number of benzene rings is 4. The smallest absolute Gasteiger partial charge is 0.282 e. The van der Waals surface area contributed by atoms with Gasteiger partial charge < -0.3 is 13.9 Å². The van der Waals surface area contributed by atoms with Crippen LogP contribution in [0.5, 0.6) is 11.5 Å². The van der Waals surface area contributed by atoms with E-state index in [1.165, 1.54) is 17.0 Å². The number of para-hydroxylation sites is 1. The Balaban J connectivity index is 1.37. The predicted molar refractivity (Wildman–Crippen MR) is 153 cm³/mol. The van der Waals surface area contributed by atoms with Crippen molar-refractivity contribution >= 4 is 39.7 Å². The van der Waals surface area contributed by atoms with E-state index in [0.717, 1.165) is 5.39 Å². The van der Waals surface area contributed by atoms with E-state index in [1.807, 2.05) is 24.3 Å². The molecule has 0 spiro atoms. The number of ether oxygens (including phenoxy) is 2. The van der Waals surface area contributed by atoms with Crippen LogP contribution < -0.4 is 15.0 Å². The van der Waals surface area contributed by atoms with Gasteiger partial charge >= 0.3 is 0 Å². The second-order valence-corrected chi connectivity index (χ2v) is 9.27. The van der Waals surface area contributed by atoms with Crippen molar-refractivity contribution in [3.63, 3.8) is 0 Å². The normalized spacial score (nSPS) is 11.5. The minimum absolute atomic E-state index is 0.0314. The van der Waals surface area contributed by atoms with Crippen LogP contribution in [0.3, 0.4) is 0 Å². The number of rotatable bonds is 7. The largest absolute Gasteiger partial charge is 0.496 e. The standard InChI is InChI=1S/C31H21ClFN3O4/c1-38-26-11-6-12-27-22(26)16-29(40-27)30-35-25-10-5-3-8-21(25)31(37)36(30)34-17-19-13-14-28(23(32)15-19)39-18-20-7-2-4-9-24(20)33/h2-17H,18H2,1H3. The SMILES string of the molecule is COc1cccc2oc(-c3nc4ccccc4c(=O)n3N=Cc3ccc(OCc4ccccc4F)c(Cl)c3)cc12. The van der Waals surface area contributed by atoms with Crippen LogP contribution in [-0.4, -0.2) is 23.0 Å². The third-order valence-electron chi connectivity index (χ3n) is 6.33. The van der Waals surface area contributed by atoms with Gasteiger partial charge in [0.2, 0.25) is 5.82 Å². The second-order valence-electron chi connectivity index (χ2n) is 8.87. The number of aromatic nitrogens is 2. The van der Waals surface area contributed by atoms with Crippen molar-refractivity contribution in [2.45, 2.75) is 6.61 Å². The first-order valence-corrected chi connectivity index (χ1v) is 12.7. The molecule has 0 N–H and O–H groups in total. The molecule has 2 aromatic heterocycles. The van der Waals surface area contributed by atoms with Crippen LogP contribution in [0.25, 0.3) is 33.5 Å². The van der Waals surface area contributed by atoms with Gasteiger partial charge in [0.15, 0.2) is 5.76 Å². The van der Waals surface area contributed by atoms with Crippen LogP contribution in [0, 0.1) is 5.82 Å². The van der Waals surface area contributed by atoms with E-state index in [-0.39, 0.29) is 23.8 Å². The van der Waals surface area contributed by atoms with Crippen LogP contribution in [0.1, 0.15) is 11.1 Å². The Labute approximate surface area is 232 Å². The van der Waals surface area contributed by atoms with Crippen LogP contribution in [0.4, 0.5) is 4.39 Å². The molecule has 40 heavy (non-hydrogen) atoms. The van der Waals surface area contributed by atoms with Gasteiger partial charge in [-0.25, -0.2) is 9.37 Å². The highest BCUT2D eigenvalue weighted by Crippen LogP contribution is 2.33. The van der Waals surface area contributed by atoms with Crippen molar-refractivity contribution < 1.29 is 18.3 Å². The zero-order valence-electron chi connectivity index (χ0n) is 21.2. The molecule has 0 saturated carbocycles. The minimum atomic E-state index is -0.361. The maximum Gasteiger partial charge on any atom is 0.282 e. The highest BCUT2D eigenvalue weighted by Gasteiger charge is 2.18. The predicted octanol–water partition coefficient (Wildman–Crippen LogP) is 7.07. The molecule has 6 rings (SSSR count). The fourth-order valence-electron chi connectivity index (χ4n) is 4.32. The molecule has 0 radical (unpaired) electrons. The topological polar surface area (TPSA) is 78.9 Å². The number of hydrogen-bond donors (Lipinski definition) is 0. The van der Waals surface area contributed by atoms with E-state index in [4.69, 9.17) is 30.5 Å². The van der Waals surface area contributed by atoms with Gasteiger partial charge in [0.25, 0.3) is 5.56 Å². The molecule has 0 saturated heterocycles. The second kappa shape index (κ2) is 10.7. The molecular formula is C31H21ClFN3O4. The van der Waals surface area contributed by atoms with Crippen molar-refractivity contribution in [2.24, 2.45) is 5.10 Å². The Morgan fingerprint density at radius 1 is 0.975 bits per heavy atom. The fraction of sp³-hybridized carbons (Fsp3) is 0.0645. The molecule has 0 fully saturated rings. The van der Waals surface area contributed by atoms with E-state index in [9.17, 15) is 9.18 Å². The zero-order valence-corrected chi connectivity index (χ0v) is 21.9. The quantitative estimate of drug-likeness (QED) is 0.198. The Morgan fingerprint density at radius 3 is 2.62 bits per heavy atom. The summed E-state index contributed by atoms with van der Waals surface area (Å²) in [6, 6.07) is 25.7. The van der Waals surface area contributed by atoms with E-state index < -0.39 is 0 Å². The molecule has 0 amide bonds. The maximum absolute atomic E-state index is 13.9. The Morgan fingerprint density at radius 2 is 1.80 bits per heavy atom. The maximum atomic E-state index is 13.9. The summed E-state index contributed by atoms with van der Waals surface area (Å²) in [7, 11) is 1.58. The zero-order chi connectivity index (χ0) is 27.6. The van der Waals surface area contributed by atoms with Crippen LogP contribution in [0.2, 0.25) is 5.02 Å². The number of hydrogen-bond acceptors (Lipinski definition) is 6. The van der Waals surface area contributed by atoms with E-state index in [0.29, 0.717) is 49.9 Å². The van der Waals surface area contributed by atoms with Gasteiger partial charge in [0, 0.05) is 5.56 Å². The molecule has 0 aliphatic heterocycles. The average molecular weight is 554 g/mol. The number of fused-ring (bicyclic) bond motifs is 2. The van der Waals surface area contributed by atoms with Crippen LogP contribution in [-0.2, 0) is 6.61 Å².